The van der Waals surface area contributed by atoms with Gasteiger partial charge < -0.3 is 31.4 Å². The molecule has 0 saturated heterocycles. The zero-order chi connectivity index (χ0) is 20.8. The smallest absolute Gasteiger partial charge is 0.0701 e. The molecule has 0 aromatic carbocycles. The van der Waals surface area contributed by atoms with Crippen LogP contribution in [0.25, 0.3) is 0 Å². The first-order valence-electron chi connectivity index (χ1n) is 11.6. The molecule has 6 heteroatoms. The molecule has 0 aliphatic rings. The van der Waals surface area contributed by atoms with Gasteiger partial charge in [-0.25, -0.2) is 0 Å². The highest BCUT2D eigenvalue weighted by atomic mass is 16.5. The third kappa shape index (κ3) is 19.1. The molecule has 0 saturated carbocycles. The van der Waals surface area contributed by atoms with E-state index in [-0.39, 0.29) is 0 Å². The molecule has 0 aliphatic carbocycles. The van der Waals surface area contributed by atoms with E-state index in [1.807, 2.05) is 0 Å². The van der Waals surface area contributed by atoms with Gasteiger partial charge in [-0.15, -0.1) is 0 Å². The van der Waals surface area contributed by atoms with Crippen LogP contribution in [0.1, 0.15) is 84.0 Å². The monoisotopic (exact) mass is 403 g/mol. The Bertz CT molecular complexity index is 289. The second-order valence-electron chi connectivity index (χ2n) is 7.94. The van der Waals surface area contributed by atoms with Gasteiger partial charge in [0.15, 0.2) is 0 Å². The van der Waals surface area contributed by atoms with Gasteiger partial charge in [0, 0.05) is 13.2 Å². The van der Waals surface area contributed by atoms with Crippen LogP contribution in [0, 0.1) is 0 Å². The van der Waals surface area contributed by atoms with E-state index in [2.05, 4.69) is 6.92 Å². The van der Waals surface area contributed by atoms with Crippen LogP contribution in [0.4, 0.5) is 0 Å². The molecule has 0 fully saturated rings. The van der Waals surface area contributed by atoms with Crippen LogP contribution in [0.2, 0.25) is 0 Å². The summed E-state index contributed by atoms with van der Waals surface area (Å²) in [4.78, 5) is 0. The van der Waals surface area contributed by atoms with Crippen LogP contribution in [0.15, 0.2) is 0 Å². The molecule has 0 bridgehead atoms. The summed E-state index contributed by atoms with van der Waals surface area (Å²) in [5, 5.41) is 0. The molecule has 0 aliphatic heterocycles. The quantitative estimate of drug-likeness (QED) is 0.226. The van der Waals surface area contributed by atoms with Gasteiger partial charge in [0.25, 0.3) is 0 Å². The molecule has 28 heavy (non-hydrogen) atoms. The Hall–Kier alpha value is -0.240. The molecular formula is C22H49N3O3. The van der Waals surface area contributed by atoms with Crippen LogP contribution >= 0.6 is 0 Å². The second kappa shape index (κ2) is 21.5. The predicted molar refractivity (Wildman–Crippen MR) is 119 cm³/mol. The zero-order valence-electron chi connectivity index (χ0n) is 18.6. The third-order valence-corrected chi connectivity index (χ3v) is 4.91. The molecule has 0 heterocycles. The predicted octanol–water partition coefficient (Wildman–Crippen LogP) is 3.35. The summed E-state index contributed by atoms with van der Waals surface area (Å²) < 4.78 is 17.2. The van der Waals surface area contributed by atoms with Gasteiger partial charge in [0.2, 0.25) is 0 Å². The minimum absolute atomic E-state index is 0.403. The van der Waals surface area contributed by atoms with Crippen molar-refractivity contribution in [2.45, 2.75) is 89.5 Å². The van der Waals surface area contributed by atoms with Crippen LogP contribution in [0.5, 0.6) is 0 Å². The fourth-order valence-electron chi connectivity index (χ4n) is 3.10. The molecule has 0 radical (unpaired) electrons. The van der Waals surface area contributed by atoms with E-state index < -0.39 is 5.54 Å². The van der Waals surface area contributed by atoms with Crippen molar-refractivity contribution in [1.82, 2.24) is 0 Å². The first-order chi connectivity index (χ1) is 13.7. The van der Waals surface area contributed by atoms with Crippen molar-refractivity contribution in [2.24, 2.45) is 17.2 Å². The van der Waals surface area contributed by atoms with E-state index in [1.54, 1.807) is 0 Å². The maximum absolute atomic E-state index is 6.64. The van der Waals surface area contributed by atoms with E-state index in [9.17, 15) is 0 Å². The van der Waals surface area contributed by atoms with Crippen molar-refractivity contribution in [1.29, 1.82) is 0 Å². The molecule has 0 spiro atoms. The number of nitrogens with two attached hydrogens (primary N) is 3. The minimum Gasteiger partial charge on any atom is -0.379 e. The first kappa shape index (κ1) is 27.8. The zero-order valence-corrected chi connectivity index (χ0v) is 18.6. The minimum atomic E-state index is -0.403. The maximum atomic E-state index is 6.64. The molecule has 1 unspecified atom stereocenters. The summed E-state index contributed by atoms with van der Waals surface area (Å²) in [6, 6.07) is 0. The molecule has 6 N–H and O–H groups in total. The molecule has 0 rings (SSSR count). The Balaban J connectivity index is 4.02. The Morgan fingerprint density at radius 3 is 1.82 bits per heavy atom. The number of ether oxygens (including phenoxy) is 3. The number of hydrogen-bond acceptors (Lipinski definition) is 6. The standard InChI is InChI=1S/C22H49N3O3/c1-2-3-4-5-6-9-13-22(25,20-27-16-11-8-7-10-14-23)21-28-19-18-26-17-12-15-24/h2-21,23-25H2,1H3. The van der Waals surface area contributed by atoms with Crippen molar-refractivity contribution >= 4 is 0 Å². The van der Waals surface area contributed by atoms with Crippen molar-refractivity contribution in [2.75, 3.05) is 52.7 Å². The molecular weight excluding hydrogens is 354 g/mol. The SMILES string of the molecule is CCCCCCCCC(N)(COCCCCCCN)COCCOCCCN. The van der Waals surface area contributed by atoms with Crippen LogP contribution < -0.4 is 17.2 Å². The second-order valence-corrected chi connectivity index (χ2v) is 7.94. The van der Waals surface area contributed by atoms with Crippen LogP contribution in [-0.4, -0.2) is 58.3 Å². The Morgan fingerprint density at radius 1 is 0.571 bits per heavy atom. The average Bonchev–Trinajstić information content (AvgIpc) is 2.69. The summed E-state index contributed by atoms with van der Waals surface area (Å²) in [6.45, 7) is 7.39. The summed E-state index contributed by atoms with van der Waals surface area (Å²) in [7, 11) is 0. The lowest BCUT2D eigenvalue weighted by Crippen LogP contribution is -2.49. The van der Waals surface area contributed by atoms with Crippen LogP contribution in [-0.2, 0) is 14.2 Å². The van der Waals surface area contributed by atoms with Crippen molar-refractivity contribution in [3.05, 3.63) is 0 Å². The van der Waals surface area contributed by atoms with E-state index >= 15 is 0 Å². The van der Waals surface area contributed by atoms with E-state index in [0.717, 1.165) is 45.3 Å². The maximum Gasteiger partial charge on any atom is 0.0701 e. The lowest BCUT2D eigenvalue weighted by molar-refractivity contribution is -0.00502. The molecule has 0 aromatic heterocycles. The number of unbranched alkanes of at least 4 members (excludes halogenated alkanes) is 8. The largest absolute Gasteiger partial charge is 0.379 e. The first-order valence-corrected chi connectivity index (χ1v) is 11.6. The molecule has 0 amide bonds. The van der Waals surface area contributed by atoms with Crippen molar-refractivity contribution in [3.63, 3.8) is 0 Å². The Labute approximate surface area is 174 Å². The molecule has 6 nitrogen and oxygen atoms in total. The van der Waals surface area contributed by atoms with E-state index in [0.29, 0.717) is 39.6 Å². The highest BCUT2D eigenvalue weighted by Gasteiger charge is 2.25. The lowest BCUT2D eigenvalue weighted by Gasteiger charge is -2.29. The van der Waals surface area contributed by atoms with Gasteiger partial charge in [0.1, 0.15) is 0 Å². The summed E-state index contributed by atoms with van der Waals surface area (Å²) in [5.74, 6) is 0. The summed E-state index contributed by atoms with van der Waals surface area (Å²) >= 11 is 0. The lowest BCUT2D eigenvalue weighted by atomic mass is 9.94. The van der Waals surface area contributed by atoms with E-state index in [1.165, 1.54) is 44.9 Å². The van der Waals surface area contributed by atoms with Gasteiger partial charge >= 0.3 is 0 Å². The molecule has 0 aromatic rings. The van der Waals surface area contributed by atoms with Gasteiger partial charge in [-0.2, -0.15) is 0 Å². The third-order valence-electron chi connectivity index (χ3n) is 4.91. The van der Waals surface area contributed by atoms with Crippen molar-refractivity contribution in [3.8, 4) is 0 Å². The molecule has 170 valence electrons. The highest BCUT2D eigenvalue weighted by molar-refractivity contribution is 4.84. The highest BCUT2D eigenvalue weighted by Crippen LogP contribution is 2.16. The van der Waals surface area contributed by atoms with Crippen LogP contribution in [0.3, 0.4) is 0 Å². The molecule has 1 atom stereocenters. The fourth-order valence-corrected chi connectivity index (χ4v) is 3.10. The normalized spacial score (nSPS) is 13.7. The Kier molecular flexibility index (Phi) is 21.3. The van der Waals surface area contributed by atoms with Crippen molar-refractivity contribution < 1.29 is 14.2 Å². The summed E-state index contributed by atoms with van der Waals surface area (Å²) in [5.41, 5.74) is 17.2. The van der Waals surface area contributed by atoms with Gasteiger partial charge in [-0.3, -0.25) is 0 Å². The average molecular weight is 404 g/mol. The fraction of sp³-hybridized carbons (Fsp3) is 1.00. The Morgan fingerprint density at radius 2 is 1.11 bits per heavy atom. The van der Waals surface area contributed by atoms with Gasteiger partial charge in [-0.05, 0) is 38.8 Å². The van der Waals surface area contributed by atoms with Gasteiger partial charge in [-0.1, -0.05) is 58.3 Å². The number of hydrogen-bond donors (Lipinski definition) is 3. The topological polar surface area (TPSA) is 106 Å². The van der Waals surface area contributed by atoms with Gasteiger partial charge in [0.05, 0.1) is 32.0 Å². The summed E-state index contributed by atoms with van der Waals surface area (Å²) in [6.07, 6.45) is 13.9. The number of rotatable bonds is 23. The van der Waals surface area contributed by atoms with E-state index in [4.69, 9.17) is 31.4 Å².